The van der Waals surface area contributed by atoms with Gasteiger partial charge in [-0.1, -0.05) is 18.5 Å². The number of nitrogens with one attached hydrogen (secondary N) is 2. The first kappa shape index (κ1) is 32.0. The molecule has 3 saturated heterocycles. The van der Waals surface area contributed by atoms with Crippen molar-refractivity contribution in [2.45, 2.75) is 32.7 Å². The highest BCUT2D eigenvalue weighted by atomic mass is 35.5. The Bertz CT molecular complexity index is 1480. The second-order valence-corrected chi connectivity index (χ2v) is 12.7. The number of halogens is 1. The Kier molecular flexibility index (Phi) is 10.2. The van der Waals surface area contributed by atoms with E-state index in [1.54, 1.807) is 35.4 Å². The largest absolute Gasteiger partial charge is 0.371 e. The Balaban J connectivity index is 0.987. The average Bonchev–Trinajstić information content (AvgIpc) is 3.10. The Labute approximate surface area is 276 Å². The van der Waals surface area contributed by atoms with Crippen molar-refractivity contribution >= 4 is 52.2 Å². The molecule has 3 fully saturated rings. The van der Waals surface area contributed by atoms with Crippen LogP contribution < -0.4 is 20.4 Å². The molecule has 2 amide bonds. The number of benzene rings is 2. The second-order valence-electron chi connectivity index (χ2n) is 12.3. The Morgan fingerprint density at radius 1 is 0.826 bits per heavy atom. The number of aromatic nitrogens is 2. The van der Waals surface area contributed by atoms with Crippen LogP contribution in [0.1, 0.15) is 37.0 Å². The number of likely N-dealkylation sites (N-methyl/N-ethyl adjacent to an activating group) is 1. The van der Waals surface area contributed by atoms with Crippen LogP contribution in [0.5, 0.6) is 0 Å². The minimum atomic E-state index is -0.176. The Morgan fingerprint density at radius 2 is 1.48 bits per heavy atom. The minimum Gasteiger partial charge on any atom is -0.371 e. The normalized spacial score (nSPS) is 18.5. The number of carbonyl (C=O) groups is 2. The minimum absolute atomic E-state index is 0.00774. The third kappa shape index (κ3) is 7.71. The molecule has 0 radical (unpaired) electrons. The maximum atomic E-state index is 12.8. The smallest absolute Gasteiger partial charge is 0.321 e. The Morgan fingerprint density at radius 3 is 2.11 bits per heavy atom. The van der Waals surface area contributed by atoms with Crippen LogP contribution >= 0.6 is 11.6 Å². The van der Waals surface area contributed by atoms with E-state index in [2.05, 4.69) is 66.4 Å². The summed E-state index contributed by atoms with van der Waals surface area (Å²) in [5.41, 5.74) is 3.43. The molecule has 6 rings (SSSR count). The van der Waals surface area contributed by atoms with E-state index in [9.17, 15) is 9.59 Å². The van der Waals surface area contributed by atoms with Crippen molar-refractivity contribution in [1.29, 1.82) is 0 Å². The van der Waals surface area contributed by atoms with Gasteiger partial charge in [0, 0.05) is 94.1 Å². The summed E-state index contributed by atoms with van der Waals surface area (Å²) in [7, 11) is 0. The fraction of sp³-hybridized carbons (Fsp3) is 0.471. The summed E-state index contributed by atoms with van der Waals surface area (Å²) in [5.74, 6) is 1.12. The first-order valence-electron chi connectivity index (χ1n) is 16.4. The maximum Gasteiger partial charge on any atom is 0.321 e. The number of urea groups is 1. The van der Waals surface area contributed by atoms with Crippen LogP contribution in [0.2, 0.25) is 5.02 Å². The van der Waals surface area contributed by atoms with Crippen molar-refractivity contribution in [2.75, 3.05) is 92.4 Å². The lowest BCUT2D eigenvalue weighted by Crippen LogP contribution is -2.53. The number of carbonyl (C=O) groups excluding carboxylic acids is 2. The molecular formula is C34H44ClN9O2. The van der Waals surface area contributed by atoms with Crippen molar-refractivity contribution in [1.82, 2.24) is 24.7 Å². The quantitative estimate of drug-likeness (QED) is 0.327. The molecular weight excluding hydrogens is 602 g/mol. The summed E-state index contributed by atoms with van der Waals surface area (Å²) in [4.78, 5) is 45.1. The lowest BCUT2D eigenvalue weighted by Gasteiger charge is -2.43. The molecule has 0 atom stereocenters. The zero-order valence-corrected chi connectivity index (χ0v) is 27.5. The number of amides is 2. The van der Waals surface area contributed by atoms with Gasteiger partial charge in [0.1, 0.15) is 5.02 Å². The maximum absolute atomic E-state index is 12.8. The van der Waals surface area contributed by atoms with Crippen LogP contribution in [0, 0.1) is 0 Å². The van der Waals surface area contributed by atoms with E-state index in [0.717, 1.165) is 25.3 Å². The van der Waals surface area contributed by atoms with Gasteiger partial charge in [-0.15, -0.1) is 0 Å². The molecule has 12 heteroatoms. The first-order chi connectivity index (χ1) is 22.4. The summed E-state index contributed by atoms with van der Waals surface area (Å²) < 4.78 is 0. The van der Waals surface area contributed by atoms with E-state index < -0.39 is 0 Å². The van der Waals surface area contributed by atoms with Gasteiger partial charge in [0.25, 0.3) is 0 Å². The van der Waals surface area contributed by atoms with Gasteiger partial charge in [-0.05, 0) is 74.8 Å². The average molecular weight is 646 g/mol. The highest BCUT2D eigenvalue weighted by molar-refractivity contribution is 6.32. The monoisotopic (exact) mass is 645 g/mol. The molecule has 2 N–H and O–H groups in total. The van der Waals surface area contributed by atoms with Crippen LogP contribution in [0.25, 0.3) is 0 Å². The van der Waals surface area contributed by atoms with Gasteiger partial charge in [-0.25, -0.2) is 9.78 Å². The molecule has 46 heavy (non-hydrogen) atoms. The van der Waals surface area contributed by atoms with Crippen molar-refractivity contribution in [3.8, 4) is 0 Å². The number of anilines is 5. The van der Waals surface area contributed by atoms with E-state index >= 15 is 0 Å². The summed E-state index contributed by atoms with van der Waals surface area (Å²) in [6.45, 7) is 14.1. The molecule has 0 bridgehead atoms. The molecule has 1 aromatic heterocycles. The molecule has 0 saturated carbocycles. The van der Waals surface area contributed by atoms with E-state index in [0.29, 0.717) is 60.3 Å². The molecule has 2 aromatic carbocycles. The first-order valence-corrected chi connectivity index (χ1v) is 16.8. The number of Topliss-reactive ketones (excluding diaryl/α,β-unsaturated/α-hetero) is 1. The van der Waals surface area contributed by atoms with Crippen LogP contribution in [0.15, 0.2) is 54.7 Å². The fourth-order valence-corrected chi connectivity index (χ4v) is 6.78. The highest BCUT2D eigenvalue weighted by Gasteiger charge is 2.27. The van der Waals surface area contributed by atoms with E-state index in [-0.39, 0.29) is 11.8 Å². The number of piperazine rings is 2. The summed E-state index contributed by atoms with van der Waals surface area (Å²) >= 11 is 6.53. The number of rotatable bonds is 8. The number of hydrogen-bond acceptors (Lipinski definition) is 9. The second kappa shape index (κ2) is 14.7. The molecule has 3 aliphatic rings. The Hall–Kier alpha value is -3.93. The molecule has 4 heterocycles. The molecule has 0 aliphatic carbocycles. The van der Waals surface area contributed by atoms with Crippen molar-refractivity contribution in [3.05, 3.63) is 65.3 Å². The zero-order valence-electron chi connectivity index (χ0n) is 26.8. The summed E-state index contributed by atoms with van der Waals surface area (Å²) in [6.07, 6.45) is 4.04. The topological polar surface area (TPSA) is 100 Å². The predicted molar refractivity (Wildman–Crippen MR) is 185 cm³/mol. The molecule has 0 unspecified atom stereocenters. The van der Waals surface area contributed by atoms with E-state index in [1.807, 2.05) is 0 Å². The lowest BCUT2D eigenvalue weighted by molar-refractivity contribution is 0.0878. The third-order valence-electron chi connectivity index (χ3n) is 9.46. The van der Waals surface area contributed by atoms with Crippen LogP contribution in [-0.4, -0.2) is 115 Å². The van der Waals surface area contributed by atoms with E-state index in [1.165, 1.54) is 51.6 Å². The molecule has 3 aromatic rings. The van der Waals surface area contributed by atoms with Gasteiger partial charge in [0.15, 0.2) is 11.6 Å². The number of hydrogen-bond donors (Lipinski definition) is 2. The van der Waals surface area contributed by atoms with Gasteiger partial charge >= 0.3 is 6.03 Å². The molecule has 3 aliphatic heterocycles. The SMILES string of the molecule is CCN1CCN(C2CCN(c3ccc(Nc4ncc(Cl)c(N5CCN(C(=O)Nc6ccc(C(C)=O)cc6)CC5)n4)cc3)CC2)CC1. The molecule has 11 nitrogen and oxygen atoms in total. The summed E-state index contributed by atoms with van der Waals surface area (Å²) in [6, 6.07) is 15.9. The fourth-order valence-electron chi connectivity index (χ4n) is 6.57. The standard InChI is InChI=1S/C34H44ClN9O2/c1-3-40-16-18-42(19-17-40)30-12-14-41(15-13-30)29-10-8-27(9-11-29)37-33-36-24-31(35)32(39-33)43-20-22-44(23-21-43)34(46)38-28-6-4-26(5-7-28)25(2)45/h4-11,24,30H,3,12-23H2,1-2H3,(H,38,46)(H,36,37,39). The van der Waals surface area contributed by atoms with Crippen molar-refractivity contribution in [3.63, 3.8) is 0 Å². The van der Waals surface area contributed by atoms with Crippen molar-refractivity contribution < 1.29 is 9.59 Å². The van der Waals surface area contributed by atoms with Gasteiger partial charge in [0.2, 0.25) is 5.95 Å². The molecule has 244 valence electrons. The molecule has 0 spiro atoms. The third-order valence-corrected chi connectivity index (χ3v) is 9.72. The highest BCUT2D eigenvalue weighted by Crippen LogP contribution is 2.28. The number of nitrogens with zero attached hydrogens (tertiary/aromatic N) is 7. The summed E-state index contributed by atoms with van der Waals surface area (Å²) in [5, 5.41) is 6.72. The number of ketones is 1. The zero-order chi connectivity index (χ0) is 32.0. The van der Waals surface area contributed by atoms with E-state index in [4.69, 9.17) is 16.6 Å². The lowest BCUT2D eigenvalue weighted by atomic mass is 10.0. The van der Waals surface area contributed by atoms with Gasteiger partial charge < -0.3 is 30.2 Å². The van der Waals surface area contributed by atoms with Crippen LogP contribution in [0.4, 0.5) is 33.6 Å². The number of piperidine rings is 1. The van der Waals surface area contributed by atoms with Gasteiger partial charge in [-0.3, -0.25) is 9.69 Å². The van der Waals surface area contributed by atoms with Crippen molar-refractivity contribution in [2.24, 2.45) is 0 Å². The van der Waals surface area contributed by atoms with Crippen LogP contribution in [0.3, 0.4) is 0 Å². The van der Waals surface area contributed by atoms with Gasteiger partial charge in [0.05, 0.1) is 6.20 Å². The van der Waals surface area contributed by atoms with Gasteiger partial charge in [-0.2, -0.15) is 4.98 Å². The van der Waals surface area contributed by atoms with Crippen LogP contribution in [-0.2, 0) is 0 Å². The predicted octanol–water partition coefficient (Wildman–Crippen LogP) is 5.04.